The van der Waals surface area contributed by atoms with Crippen LogP contribution in [-0.2, 0) is 11.2 Å². The number of carbonyl (C=O) groups is 2. The molecule has 0 atom stereocenters. The van der Waals surface area contributed by atoms with Gasteiger partial charge in [-0.15, -0.1) is 0 Å². The summed E-state index contributed by atoms with van der Waals surface area (Å²) in [4.78, 5) is 32.2. The van der Waals surface area contributed by atoms with E-state index >= 15 is 0 Å². The summed E-state index contributed by atoms with van der Waals surface area (Å²) in [7, 11) is 1.62. The number of amides is 3. The van der Waals surface area contributed by atoms with Crippen molar-refractivity contribution < 1.29 is 14.3 Å². The van der Waals surface area contributed by atoms with Crippen LogP contribution in [0.4, 0.5) is 16.3 Å². The molecule has 1 N–H and O–H groups in total. The third-order valence-electron chi connectivity index (χ3n) is 4.60. The first kappa shape index (κ1) is 18.7. The number of hydrogen-bond donors (Lipinski definition) is 1. The van der Waals surface area contributed by atoms with Gasteiger partial charge in [-0.1, -0.05) is 18.2 Å². The summed E-state index contributed by atoms with van der Waals surface area (Å²) >= 11 is 0. The van der Waals surface area contributed by atoms with E-state index in [0.717, 1.165) is 11.3 Å². The zero-order valence-electron chi connectivity index (χ0n) is 15.6. The molecule has 3 rings (SSSR count). The van der Waals surface area contributed by atoms with Crippen molar-refractivity contribution in [3.05, 3.63) is 48.2 Å². The fourth-order valence-corrected chi connectivity index (χ4v) is 3.09. The molecule has 0 saturated carbocycles. The summed E-state index contributed by atoms with van der Waals surface area (Å²) in [6.07, 6.45) is 2.52. The third-order valence-corrected chi connectivity index (χ3v) is 4.60. The Morgan fingerprint density at radius 2 is 2.04 bits per heavy atom. The Bertz CT molecular complexity index is 807. The second kappa shape index (κ2) is 8.53. The fraction of sp³-hybridized carbons (Fsp3) is 0.350. The lowest BCUT2D eigenvalue weighted by molar-refractivity contribution is -0.116. The third kappa shape index (κ3) is 4.36. The van der Waals surface area contributed by atoms with E-state index in [0.29, 0.717) is 44.0 Å². The minimum atomic E-state index is -0.0927. The van der Waals surface area contributed by atoms with Crippen molar-refractivity contribution >= 4 is 23.4 Å². The largest absolute Gasteiger partial charge is 0.496 e. The molecular weight excluding hydrogens is 344 g/mol. The van der Waals surface area contributed by atoms with Gasteiger partial charge in [-0.25, -0.2) is 9.78 Å². The van der Waals surface area contributed by atoms with Crippen molar-refractivity contribution in [2.75, 3.05) is 37.0 Å². The van der Waals surface area contributed by atoms with Crippen LogP contribution in [0.2, 0.25) is 0 Å². The van der Waals surface area contributed by atoms with Crippen molar-refractivity contribution in [1.29, 1.82) is 0 Å². The number of rotatable bonds is 7. The van der Waals surface area contributed by atoms with Gasteiger partial charge in [0.15, 0.2) is 0 Å². The Balaban J connectivity index is 1.55. The van der Waals surface area contributed by atoms with Crippen molar-refractivity contribution in [2.24, 2.45) is 0 Å². The van der Waals surface area contributed by atoms with E-state index in [1.807, 2.05) is 31.2 Å². The van der Waals surface area contributed by atoms with Gasteiger partial charge in [0.25, 0.3) is 0 Å². The van der Waals surface area contributed by atoms with Gasteiger partial charge in [0, 0.05) is 26.1 Å². The summed E-state index contributed by atoms with van der Waals surface area (Å²) in [5.41, 5.74) is 1.61. The fourth-order valence-electron chi connectivity index (χ4n) is 3.09. The Kier molecular flexibility index (Phi) is 5.90. The maximum Gasteiger partial charge on any atom is 0.325 e. The molecule has 2 aromatic rings. The molecule has 1 aliphatic heterocycles. The van der Waals surface area contributed by atoms with E-state index in [9.17, 15) is 9.59 Å². The van der Waals surface area contributed by atoms with Gasteiger partial charge in [-0.05, 0) is 37.1 Å². The highest BCUT2D eigenvalue weighted by molar-refractivity contribution is 5.94. The molecule has 0 unspecified atom stereocenters. The van der Waals surface area contributed by atoms with Crippen molar-refractivity contribution in [3.63, 3.8) is 0 Å². The van der Waals surface area contributed by atoms with E-state index in [-0.39, 0.29) is 11.9 Å². The van der Waals surface area contributed by atoms with Gasteiger partial charge in [-0.2, -0.15) is 0 Å². The number of aryl methyl sites for hydroxylation is 1. The molecule has 2 heterocycles. The molecule has 1 aromatic carbocycles. The van der Waals surface area contributed by atoms with Gasteiger partial charge in [0.2, 0.25) is 5.91 Å². The van der Waals surface area contributed by atoms with Gasteiger partial charge in [0.1, 0.15) is 11.6 Å². The number of nitrogens with zero attached hydrogens (tertiary/aromatic N) is 3. The summed E-state index contributed by atoms with van der Waals surface area (Å²) < 4.78 is 5.30. The average molecular weight is 368 g/mol. The van der Waals surface area contributed by atoms with Crippen molar-refractivity contribution in [2.45, 2.75) is 19.8 Å². The van der Waals surface area contributed by atoms with E-state index in [4.69, 9.17) is 4.74 Å². The van der Waals surface area contributed by atoms with E-state index in [1.54, 1.807) is 35.2 Å². The Hall–Kier alpha value is -3.09. The summed E-state index contributed by atoms with van der Waals surface area (Å²) in [5, 5.41) is 2.84. The van der Waals surface area contributed by atoms with E-state index < -0.39 is 0 Å². The van der Waals surface area contributed by atoms with Crippen LogP contribution in [0.5, 0.6) is 5.75 Å². The molecule has 0 radical (unpaired) electrons. The molecule has 1 saturated heterocycles. The number of nitrogens with one attached hydrogen (secondary N) is 1. The second-order valence-corrected chi connectivity index (χ2v) is 6.28. The molecule has 7 nitrogen and oxygen atoms in total. The molecule has 7 heteroatoms. The summed E-state index contributed by atoms with van der Waals surface area (Å²) in [5.74, 6) is 1.29. The lowest BCUT2D eigenvalue weighted by Crippen LogP contribution is -2.32. The minimum Gasteiger partial charge on any atom is -0.496 e. The first-order valence-electron chi connectivity index (χ1n) is 9.06. The Morgan fingerprint density at radius 1 is 1.22 bits per heavy atom. The standard InChI is InChI=1S/C20H24N4O3/c1-3-23-12-13-24(20(23)26)18-10-9-16(14-21-18)22-19(25)11-8-15-6-4-5-7-17(15)27-2/h4-7,9-10,14H,3,8,11-13H2,1-2H3,(H,22,25). The summed E-state index contributed by atoms with van der Waals surface area (Å²) in [6, 6.07) is 11.2. The zero-order chi connectivity index (χ0) is 19.2. The number of hydrogen-bond acceptors (Lipinski definition) is 4. The molecule has 1 aromatic heterocycles. The highest BCUT2D eigenvalue weighted by Gasteiger charge is 2.28. The van der Waals surface area contributed by atoms with Crippen LogP contribution in [-0.4, -0.2) is 48.6 Å². The van der Waals surface area contributed by atoms with Crippen LogP contribution in [0.15, 0.2) is 42.6 Å². The van der Waals surface area contributed by atoms with Crippen LogP contribution in [0.1, 0.15) is 18.9 Å². The number of para-hydroxylation sites is 1. The quantitative estimate of drug-likeness (QED) is 0.815. The number of likely N-dealkylation sites (N-methyl/N-ethyl adjacent to an activating group) is 1. The van der Waals surface area contributed by atoms with Crippen LogP contribution < -0.4 is 15.0 Å². The van der Waals surface area contributed by atoms with Gasteiger partial charge >= 0.3 is 6.03 Å². The van der Waals surface area contributed by atoms with Crippen LogP contribution >= 0.6 is 0 Å². The number of benzene rings is 1. The monoisotopic (exact) mass is 368 g/mol. The lowest BCUT2D eigenvalue weighted by Gasteiger charge is -2.16. The number of carbonyl (C=O) groups excluding carboxylic acids is 2. The lowest BCUT2D eigenvalue weighted by atomic mass is 10.1. The molecule has 142 valence electrons. The van der Waals surface area contributed by atoms with Crippen LogP contribution in [0, 0.1) is 0 Å². The topological polar surface area (TPSA) is 74.8 Å². The molecule has 0 bridgehead atoms. The SMILES string of the molecule is CCN1CCN(c2ccc(NC(=O)CCc3ccccc3OC)cn2)C1=O. The maximum absolute atomic E-state index is 12.2. The number of aromatic nitrogens is 1. The predicted molar refractivity (Wildman–Crippen MR) is 104 cm³/mol. The smallest absolute Gasteiger partial charge is 0.325 e. The van der Waals surface area contributed by atoms with Gasteiger partial charge < -0.3 is 15.0 Å². The first-order valence-corrected chi connectivity index (χ1v) is 9.06. The van der Waals surface area contributed by atoms with Crippen LogP contribution in [0.3, 0.4) is 0 Å². The second-order valence-electron chi connectivity index (χ2n) is 6.28. The highest BCUT2D eigenvalue weighted by atomic mass is 16.5. The van der Waals surface area contributed by atoms with Crippen LogP contribution in [0.25, 0.3) is 0 Å². The van der Waals surface area contributed by atoms with E-state index in [1.165, 1.54) is 0 Å². The molecule has 1 aliphatic rings. The number of methoxy groups -OCH3 is 1. The minimum absolute atomic E-state index is 0.0291. The molecular formula is C20H24N4O3. The molecule has 27 heavy (non-hydrogen) atoms. The van der Waals surface area contributed by atoms with Crippen molar-refractivity contribution in [1.82, 2.24) is 9.88 Å². The molecule has 1 fully saturated rings. The van der Waals surface area contributed by atoms with Gasteiger partial charge in [0.05, 0.1) is 19.0 Å². The first-order chi connectivity index (χ1) is 13.1. The highest BCUT2D eigenvalue weighted by Crippen LogP contribution is 2.21. The van der Waals surface area contributed by atoms with Crippen molar-refractivity contribution in [3.8, 4) is 5.75 Å². The maximum atomic E-state index is 12.2. The average Bonchev–Trinajstić information content (AvgIpc) is 3.07. The predicted octanol–water partition coefficient (Wildman–Crippen LogP) is 2.92. The molecule has 0 aliphatic carbocycles. The zero-order valence-corrected chi connectivity index (χ0v) is 15.6. The molecule has 0 spiro atoms. The van der Waals surface area contributed by atoms with Gasteiger partial charge in [-0.3, -0.25) is 9.69 Å². The number of anilines is 2. The number of pyridine rings is 1. The normalized spacial score (nSPS) is 13.8. The molecule has 3 amide bonds. The number of urea groups is 1. The van der Waals surface area contributed by atoms with E-state index in [2.05, 4.69) is 10.3 Å². The Morgan fingerprint density at radius 3 is 2.70 bits per heavy atom. The summed E-state index contributed by atoms with van der Waals surface area (Å²) in [6.45, 7) is 3.98. The number of ether oxygens (including phenoxy) is 1. The Labute approximate surface area is 158 Å².